The second-order valence-electron chi connectivity index (χ2n) is 5.18. The van der Waals surface area contributed by atoms with Crippen molar-refractivity contribution in [3.63, 3.8) is 0 Å². The van der Waals surface area contributed by atoms with E-state index >= 15 is 0 Å². The number of nitrogens with zero attached hydrogens (tertiary/aromatic N) is 3. The van der Waals surface area contributed by atoms with Crippen molar-refractivity contribution >= 4 is 0 Å². The van der Waals surface area contributed by atoms with Crippen LogP contribution in [0.3, 0.4) is 0 Å². The Morgan fingerprint density at radius 3 is 2.89 bits per heavy atom. The third kappa shape index (κ3) is 3.30. The van der Waals surface area contributed by atoms with Crippen LogP contribution in [0.15, 0.2) is 24.4 Å². The summed E-state index contributed by atoms with van der Waals surface area (Å²) in [5.41, 5.74) is 1.08. The first-order valence-corrected chi connectivity index (χ1v) is 6.81. The molecule has 1 aliphatic carbocycles. The minimum absolute atomic E-state index is 0.182. The maximum Gasteiger partial charge on any atom is 0.0672 e. The maximum absolute atomic E-state index is 9.31. The highest BCUT2D eigenvalue weighted by Gasteiger charge is 2.26. The average molecular weight is 243 g/mol. The molecule has 3 nitrogen and oxygen atoms in total. The van der Waals surface area contributed by atoms with Crippen LogP contribution in [-0.2, 0) is 6.54 Å². The number of aromatic nitrogens is 1. The van der Waals surface area contributed by atoms with Crippen LogP contribution in [0.2, 0.25) is 0 Å². The van der Waals surface area contributed by atoms with E-state index in [0.29, 0.717) is 6.04 Å². The SMILES string of the molecule is CN(Cc1ccccn1)C1CCCCCC1C#N. The van der Waals surface area contributed by atoms with Crippen molar-refractivity contribution in [2.45, 2.75) is 44.7 Å². The van der Waals surface area contributed by atoms with Gasteiger partial charge in [0, 0.05) is 18.8 Å². The molecule has 2 atom stereocenters. The summed E-state index contributed by atoms with van der Waals surface area (Å²) in [4.78, 5) is 6.67. The van der Waals surface area contributed by atoms with Crippen molar-refractivity contribution in [3.05, 3.63) is 30.1 Å². The Balaban J connectivity index is 2.02. The number of pyridine rings is 1. The lowest BCUT2D eigenvalue weighted by atomic mass is 9.95. The monoisotopic (exact) mass is 243 g/mol. The van der Waals surface area contributed by atoms with Crippen LogP contribution in [-0.4, -0.2) is 23.0 Å². The Morgan fingerprint density at radius 1 is 1.33 bits per heavy atom. The van der Waals surface area contributed by atoms with E-state index in [1.54, 1.807) is 0 Å². The second kappa shape index (κ2) is 6.51. The molecule has 1 heterocycles. The molecule has 1 aromatic heterocycles. The molecular formula is C15H21N3. The molecule has 2 unspecified atom stereocenters. The van der Waals surface area contributed by atoms with Crippen LogP contribution in [0.5, 0.6) is 0 Å². The molecule has 0 spiro atoms. The highest BCUT2D eigenvalue weighted by Crippen LogP contribution is 2.27. The van der Waals surface area contributed by atoms with Crippen molar-refractivity contribution in [2.75, 3.05) is 7.05 Å². The number of rotatable bonds is 3. The summed E-state index contributed by atoms with van der Waals surface area (Å²) in [6.07, 6.45) is 7.74. The Labute approximate surface area is 109 Å². The van der Waals surface area contributed by atoms with Gasteiger partial charge in [-0.2, -0.15) is 5.26 Å². The molecule has 0 amide bonds. The lowest BCUT2D eigenvalue weighted by Crippen LogP contribution is -2.36. The van der Waals surface area contributed by atoms with E-state index in [1.807, 2.05) is 18.3 Å². The highest BCUT2D eigenvalue weighted by atomic mass is 15.1. The van der Waals surface area contributed by atoms with E-state index in [9.17, 15) is 5.26 Å². The summed E-state index contributed by atoms with van der Waals surface area (Å²) in [7, 11) is 2.12. The molecule has 3 heteroatoms. The molecule has 0 bridgehead atoms. The number of hydrogen-bond acceptors (Lipinski definition) is 3. The van der Waals surface area contributed by atoms with Crippen LogP contribution in [0.4, 0.5) is 0 Å². The molecule has 1 saturated carbocycles. The zero-order valence-corrected chi connectivity index (χ0v) is 11.0. The van der Waals surface area contributed by atoms with Gasteiger partial charge in [0.2, 0.25) is 0 Å². The highest BCUT2D eigenvalue weighted by molar-refractivity contribution is 5.04. The topological polar surface area (TPSA) is 39.9 Å². The van der Waals surface area contributed by atoms with Gasteiger partial charge in [-0.1, -0.05) is 25.3 Å². The molecule has 2 rings (SSSR count). The predicted molar refractivity (Wildman–Crippen MR) is 71.7 cm³/mol. The lowest BCUT2D eigenvalue weighted by molar-refractivity contribution is 0.181. The standard InChI is InChI=1S/C15H21N3/c1-18(12-14-8-5-6-10-17-14)15-9-4-2-3-7-13(15)11-16/h5-6,8,10,13,15H,2-4,7,9,12H2,1H3. The van der Waals surface area contributed by atoms with E-state index in [-0.39, 0.29) is 5.92 Å². The summed E-state index contributed by atoms with van der Waals surface area (Å²) < 4.78 is 0. The normalized spacial score (nSPS) is 24.5. The molecule has 0 N–H and O–H groups in total. The van der Waals surface area contributed by atoms with Gasteiger partial charge in [0.15, 0.2) is 0 Å². The van der Waals surface area contributed by atoms with Crippen LogP contribution >= 0.6 is 0 Å². The molecule has 0 saturated heterocycles. The van der Waals surface area contributed by atoms with Crippen molar-refractivity contribution in [1.82, 2.24) is 9.88 Å². The van der Waals surface area contributed by atoms with Gasteiger partial charge < -0.3 is 0 Å². The summed E-state index contributed by atoms with van der Waals surface area (Å²) >= 11 is 0. The fourth-order valence-electron chi connectivity index (χ4n) is 2.83. The fraction of sp³-hybridized carbons (Fsp3) is 0.600. The third-order valence-corrected chi connectivity index (χ3v) is 3.85. The summed E-state index contributed by atoms with van der Waals surface area (Å²) in [5.74, 6) is 0.182. The predicted octanol–water partition coefficient (Wildman–Crippen LogP) is 2.99. The first-order chi connectivity index (χ1) is 8.81. The summed E-state index contributed by atoms with van der Waals surface area (Å²) in [6.45, 7) is 0.837. The summed E-state index contributed by atoms with van der Waals surface area (Å²) in [6, 6.07) is 8.89. The second-order valence-corrected chi connectivity index (χ2v) is 5.18. The van der Waals surface area contributed by atoms with Crippen molar-refractivity contribution in [2.24, 2.45) is 5.92 Å². The Kier molecular flexibility index (Phi) is 4.72. The Hall–Kier alpha value is -1.40. The van der Waals surface area contributed by atoms with E-state index in [2.05, 4.69) is 29.1 Å². The molecule has 0 radical (unpaired) electrons. The van der Waals surface area contributed by atoms with Gasteiger partial charge in [-0.25, -0.2) is 0 Å². The molecule has 1 aromatic rings. The van der Waals surface area contributed by atoms with Crippen molar-refractivity contribution in [3.8, 4) is 6.07 Å². The van der Waals surface area contributed by atoms with E-state index < -0.39 is 0 Å². The van der Waals surface area contributed by atoms with Crippen LogP contribution in [0.1, 0.15) is 37.8 Å². The maximum atomic E-state index is 9.31. The minimum atomic E-state index is 0.182. The van der Waals surface area contributed by atoms with Gasteiger partial charge in [0.25, 0.3) is 0 Å². The van der Waals surface area contributed by atoms with E-state index in [1.165, 1.54) is 19.3 Å². The van der Waals surface area contributed by atoms with Crippen LogP contribution < -0.4 is 0 Å². The smallest absolute Gasteiger partial charge is 0.0672 e. The van der Waals surface area contributed by atoms with Gasteiger partial charge in [0.1, 0.15) is 0 Å². The Bertz CT molecular complexity index is 396. The van der Waals surface area contributed by atoms with E-state index in [4.69, 9.17) is 0 Å². The van der Waals surface area contributed by atoms with Crippen molar-refractivity contribution < 1.29 is 0 Å². The molecule has 96 valence electrons. The van der Waals surface area contributed by atoms with Gasteiger partial charge >= 0.3 is 0 Å². The molecule has 0 aromatic carbocycles. The molecular weight excluding hydrogens is 222 g/mol. The van der Waals surface area contributed by atoms with Crippen LogP contribution in [0.25, 0.3) is 0 Å². The Morgan fingerprint density at radius 2 is 2.17 bits per heavy atom. The third-order valence-electron chi connectivity index (χ3n) is 3.85. The van der Waals surface area contributed by atoms with Crippen LogP contribution in [0, 0.1) is 17.2 Å². The van der Waals surface area contributed by atoms with Gasteiger partial charge in [-0.15, -0.1) is 0 Å². The summed E-state index contributed by atoms with van der Waals surface area (Å²) in [5, 5.41) is 9.31. The van der Waals surface area contributed by atoms with Gasteiger partial charge in [-0.05, 0) is 32.0 Å². The van der Waals surface area contributed by atoms with Gasteiger partial charge in [-0.3, -0.25) is 9.88 Å². The van der Waals surface area contributed by atoms with Gasteiger partial charge in [0.05, 0.1) is 17.7 Å². The first kappa shape index (κ1) is 13.0. The zero-order chi connectivity index (χ0) is 12.8. The molecule has 18 heavy (non-hydrogen) atoms. The first-order valence-electron chi connectivity index (χ1n) is 6.81. The molecule has 1 aliphatic rings. The van der Waals surface area contributed by atoms with E-state index in [0.717, 1.165) is 25.1 Å². The number of nitriles is 1. The minimum Gasteiger partial charge on any atom is -0.296 e. The average Bonchev–Trinajstić information content (AvgIpc) is 2.64. The van der Waals surface area contributed by atoms with Crippen molar-refractivity contribution in [1.29, 1.82) is 5.26 Å². The lowest BCUT2D eigenvalue weighted by Gasteiger charge is -2.29. The largest absolute Gasteiger partial charge is 0.296 e. The zero-order valence-electron chi connectivity index (χ0n) is 11.0. The fourth-order valence-corrected chi connectivity index (χ4v) is 2.83. The quantitative estimate of drug-likeness (QED) is 0.766. The number of hydrogen-bond donors (Lipinski definition) is 0. The molecule has 1 fully saturated rings. The molecule has 0 aliphatic heterocycles.